The molecule has 5 rings (SSSR count). The molecule has 1 saturated carbocycles. The molecule has 2 aromatic heterocycles. The van der Waals surface area contributed by atoms with E-state index in [4.69, 9.17) is 4.42 Å². The van der Waals surface area contributed by atoms with Gasteiger partial charge in [0.15, 0.2) is 0 Å². The smallest absolute Gasteiger partial charge is 0.322 e. The van der Waals surface area contributed by atoms with E-state index in [1.807, 2.05) is 42.6 Å². The fourth-order valence-corrected chi connectivity index (χ4v) is 5.17. The number of aromatic nitrogens is 1. The van der Waals surface area contributed by atoms with Gasteiger partial charge in [-0.1, -0.05) is 18.2 Å². The third kappa shape index (κ3) is 3.46. The van der Waals surface area contributed by atoms with E-state index in [2.05, 4.69) is 27.3 Å². The molecule has 1 spiro atoms. The van der Waals surface area contributed by atoms with E-state index in [0.717, 1.165) is 45.8 Å². The van der Waals surface area contributed by atoms with Crippen LogP contribution in [0.15, 0.2) is 52.0 Å². The molecule has 2 unspecified atom stereocenters. The van der Waals surface area contributed by atoms with Crippen molar-refractivity contribution in [2.24, 2.45) is 5.92 Å². The second kappa shape index (κ2) is 7.45. The van der Waals surface area contributed by atoms with Crippen LogP contribution in [0.5, 0.6) is 0 Å². The van der Waals surface area contributed by atoms with Crippen molar-refractivity contribution in [2.75, 3.05) is 6.54 Å². The Morgan fingerprint density at radius 3 is 2.93 bits per heavy atom. The van der Waals surface area contributed by atoms with Gasteiger partial charge in [-0.3, -0.25) is 14.8 Å². The number of nitrogens with zero attached hydrogens (tertiary/aromatic N) is 1. The number of nitrogens with one attached hydrogen (secondary N) is 3. The highest BCUT2D eigenvalue weighted by Crippen LogP contribution is 2.37. The van der Waals surface area contributed by atoms with E-state index in [0.29, 0.717) is 18.8 Å². The topological polar surface area (TPSA) is 96.3 Å². The number of carbonyl (C=O) groups is 2. The fraction of sp³-hybridized carbons (Fsp3) is 0.318. The summed E-state index contributed by atoms with van der Waals surface area (Å²) in [5.74, 6) is 0.956. The lowest BCUT2D eigenvalue weighted by Crippen LogP contribution is -2.44. The van der Waals surface area contributed by atoms with Gasteiger partial charge in [-0.2, -0.15) is 0 Å². The molecule has 2 fully saturated rings. The standard InChI is InChI=1S/C22H22N4O3S/c1-13-8-19(23-12-16(13)18-9-15-4-2-3-5-17(15)29-18)30-24-11-14-6-7-22(10-14)20(27)25-21(28)26-22/h2-5,8-9,12,14,24H,6-7,10-11H2,1H3,(H2,25,26,27,28). The zero-order chi connectivity index (χ0) is 20.7. The summed E-state index contributed by atoms with van der Waals surface area (Å²) in [6.45, 7) is 2.80. The molecular formula is C22H22N4O3S. The number of amides is 3. The molecule has 7 nitrogen and oxygen atoms in total. The zero-order valence-electron chi connectivity index (χ0n) is 16.5. The first-order valence-electron chi connectivity index (χ1n) is 10.0. The SMILES string of the molecule is Cc1cc(SNCC2CCC3(C2)NC(=O)NC3=O)ncc1-c1cc2ccccc2o1. The molecule has 1 saturated heterocycles. The Kier molecular flexibility index (Phi) is 4.75. The molecule has 30 heavy (non-hydrogen) atoms. The van der Waals surface area contributed by atoms with Gasteiger partial charge in [-0.25, -0.2) is 9.78 Å². The summed E-state index contributed by atoms with van der Waals surface area (Å²) in [4.78, 5) is 28.1. The van der Waals surface area contributed by atoms with Gasteiger partial charge in [0.1, 0.15) is 21.9 Å². The molecule has 1 aliphatic carbocycles. The Hall–Kier alpha value is -2.84. The number of aryl methyl sites for hydroxylation is 1. The fourth-order valence-electron chi connectivity index (χ4n) is 4.36. The van der Waals surface area contributed by atoms with E-state index in [9.17, 15) is 9.59 Å². The predicted molar refractivity (Wildman–Crippen MR) is 115 cm³/mol. The number of urea groups is 1. The van der Waals surface area contributed by atoms with Crippen molar-refractivity contribution in [3.05, 3.63) is 48.2 Å². The minimum atomic E-state index is -0.711. The summed E-state index contributed by atoms with van der Waals surface area (Å²) in [5.41, 5.74) is 2.24. The maximum atomic E-state index is 12.1. The number of para-hydroxylation sites is 1. The number of imide groups is 1. The van der Waals surface area contributed by atoms with E-state index in [-0.39, 0.29) is 11.9 Å². The number of pyridine rings is 1. The van der Waals surface area contributed by atoms with Crippen LogP contribution >= 0.6 is 11.9 Å². The molecule has 3 amide bonds. The number of fused-ring (bicyclic) bond motifs is 1. The van der Waals surface area contributed by atoms with Crippen LogP contribution in [0.2, 0.25) is 0 Å². The van der Waals surface area contributed by atoms with Crippen LogP contribution in [0.25, 0.3) is 22.3 Å². The van der Waals surface area contributed by atoms with Gasteiger partial charge in [0, 0.05) is 23.7 Å². The molecule has 8 heteroatoms. The Labute approximate surface area is 178 Å². The molecule has 0 radical (unpaired) electrons. The average Bonchev–Trinajstić information content (AvgIpc) is 3.39. The molecular weight excluding hydrogens is 400 g/mol. The Bertz CT molecular complexity index is 1110. The molecule has 2 atom stereocenters. The normalized spacial score (nSPS) is 23.3. The Morgan fingerprint density at radius 1 is 1.30 bits per heavy atom. The van der Waals surface area contributed by atoms with Crippen LogP contribution in [0.1, 0.15) is 24.8 Å². The van der Waals surface area contributed by atoms with Gasteiger partial charge in [-0.15, -0.1) is 0 Å². The maximum Gasteiger partial charge on any atom is 0.322 e. The first-order chi connectivity index (χ1) is 14.5. The minimum absolute atomic E-state index is 0.193. The Balaban J connectivity index is 1.20. The summed E-state index contributed by atoms with van der Waals surface area (Å²) in [5, 5.41) is 7.11. The first kappa shape index (κ1) is 19.1. The molecule has 0 bridgehead atoms. The van der Waals surface area contributed by atoms with Crippen molar-refractivity contribution < 1.29 is 14.0 Å². The van der Waals surface area contributed by atoms with Gasteiger partial charge in [0.2, 0.25) is 0 Å². The van der Waals surface area contributed by atoms with Crippen LogP contribution in [0.4, 0.5) is 4.79 Å². The Morgan fingerprint density at radius 2 is 2.17 bits per heavy atom. The second-order valence-corrected chi connectivity index (χ2v) is 8.95. The lowest BCUT2D eigenvalue weighted by molar-refractivity contribution is -0.123. The molecule has 1 aliphatic heterocycles. The molecule has 1 aromatic carbocycles. The zero-order valence-corrected chi connectivity index (χ0v) is 17.3. The van der Waals surface area contributed by atoms with Crippen molar-refractivity contribution >= 4 is 34.9 Å². The quantitative estimate of drug-likeness (QED) is 0.428. The molecule has 2 aliphatic rings. The van der Waals surface area contributed by atoms with E-state index in [1.165, 1.54) is 11.9 Å². The third-order valence-electron chi connectivity index (χ3n) is 5.96. The van der Waals surface area contributed by atoms with Gasteiger partial charge in [0.05, 0.1) is 0 Å². The van der Waals surface area contributed by atoms with Crippen LogP contribution in [-0.4, -0.2) is 29.0 Å². The highest BCUT2D eigenvalue weighted by molar-refractivity contribution is 7.97. The van der Waals surface area contributed by atoms with Crippen LogP contribution < -0.4 is 15.4 Å². The van der Waals surface area contributed by atoms with Crippen molar-refractivity contribution in [1.82, 2.24) is 20.3 Å². The van der Waals surface area contributed by atoms with Gasteiger partial charge in [-0.05, 0) is 67.8 Å². The first-order valence-corrected chi connectivity index (χ1v) is 10.8. The molecule has 3 heterocycles. The molecule has 3 N–H and O–H groups in total. The average molecular weight is 423 g/mol. The third-order valence-corrected chi connectivity index (χ3v) is 6.70. The van der Waals surface area contributed by atoms with Gasteiger partial charge < -0.3 is 9.73 Å². The molecule has 3 aromatic rings. The summed E-state index contributed by atoms with van der Waals surface area (Å²) >= 11 is 1.48. The number of carbonyl (C=O) groups excluding carboxylic acids is 2. The minimum Gasteiger partial charge on any atom is -0.456 e. The van der Waals surface area contributed by atoms with Crippen LogP contribution in [0, 0.1) is 12.8 Å². The van der Waals surface area contributed by atoms with Gasteiger partial charge in [0.25, 0.3) is 5.91 Å². The van der Waals surface area contributed by atoms with Crippen molar-refractivity contribution in [3.63, 3.8) is 0 Å². The predicted octanol–water partition coefficient (Wildman–Crippen LogP) is 3.78. The monoisotopic (exact) mass is 422 g/mol. The maximum absolute atomic E-state index is 12.1. The number of hydrogen-bond donors (Lipinski definition) is 3. The van der Waals surface area contributed by atoms with Crippen LogP contribution in [-0.2, 0) is 4.79 Å². The summed E-state index contributed by atoms with van der Waals surface area (Å²) < 4.78 is 9.33. The van der Waals surface area contributed by atoms with Gasteiger partial charge >= 0.3 is 6.03 Å². The summed E-state index contributed by atoms with van der Waals surface area (Å²) in [6.07, 6.45) is 4.10. The second-order valence-electron chi connectivity index (χ2n) is 8.04. The molecule has 154 valence electrons. The van der Waals surface area contributed by atoms with Crippen molar-refractivity contribution in [1.29, 1.82) is 0 Å². The summed E-state index contributed by atoms with van der Waals surface area (Å²) in [6, 6.07) is 11.7. The largest absolute Gasteiger partial charge is 0.456 e. The highest BCUT2D eigenvalue weighted by atomic mass is 32.2. The highest BCUT2D eigenvalue weighted by Gasteiger charge is 2.50. The number of rotatable bonds is 5. The number of furan rings is 1. The van der Waals surface area contributed by atoms with E-state index < -0.39 is 5.54 Å². The summed E-state index contributed by atoms with van der Waals surface area (Å²) in [7, 11) is 0. The van der Waals surface area contributed by atoms with Crippen LogP contribution in [0.3, 0.4) is 0 Å². The van der Waals surface area contributed by atoms with Crippen molar-refractivity contribution in [2.45, 2.75) is 36.8 Å². The number of benzene rings is 1. The lowest BCUT2D eigenvalue weighted by Gasteiger charge is -2.19. The van der Waals surface area contributed by atoms with Crippen molar-refractivity contribution in [3.8, 4) is 11.3 Å². The number of hydrogen-bond acceptors (Lipinski definition) is 6. The van der Waals surface area contributed by atoms with E-state index >= 15 is 0 Å². The lowest BCUT2D eigenvalue weighted by atomic mass is 9.96. The van der Waals surface area contributed by atoms with E-state index in [1.54, 1.807) is 0 Å².